The van der Waals surface area contributed by atoms with E-state index in [4.69, 9.17) is 20.3 Å². The fourth-order valence-corrected chi connectivity index (χ4v) is 2.74. The summed E-state index contributed by atoms with van der Waals surface area (Å²) in [5.74, 6) is -0.177. The number of phosphoric acid groups is 1. The van der Waals surface area contributed by atoms with Crippen LogP contribution in [0.1, 0.15) is 6.23 Å². The molecule has 3 heterocycles. The number of aromatic nitrogens is 4. The van der Waals surface area contributed by atoms with Gasteiger partial charge in [0.25, 0.3) is 5.56 Å². The van der Waals surface area contributed by atoms with Crippen LogP contribution in [0.5, 0.6) is 0 Å². The summed E-state index contributed by atoms with van der Waals surface area (Å²) in [5, 5.41) is 20.1. The summed E-state index contributed by atoms with van der Waals surface area (Å²) in [5.41, 5.74) is 4.84. The number of rotatable bonds is 4. The molecule has 1 aliphatic heterocycles. The minimum Gasteiger partial charge on any atom is -0.387 e. The minimum absolute atomic E-state index is 0. The third-order valence-corrected chi connectivity index (χ3v) is 3.95. The second kappa shape index (κ2) is 9.09. The van der Waals surface area contributed by atoms with Crippen LogP contribution in [0.3, 0.4) is 0 Å². The molecule has 0 spiro atoms. The van der Waals surface area contributed by atoms with Gasteiger partial charge < -0.3 is 30.5 Å². The largest absolute Gasteiger partial charge is 1.00 e. The number of H-pyrrole nitrogens is 1. The Balaban J connectivity index is 0.00000169. The van der Waals surface area contributed by atoms with Gasteiger partial charge in [0, 0.05) is 0 Å². The first-order chi connectivity index (χ1) is 11.2. The molecule has 0 radical (unpaired) electrons. The molecule has 1 aliphatic rings. The summed E-state index contributed by atoms with van der Waals surface area (Å²) in [6, 6.07) is 0. The van der Waals surface area contributed by atoms with Crippen molar-refractivity contribution in [3.05, 3.63) is 16.7 Å². The van der Waals surface area contributed by atoms with Crippen LogP contribution in [-0.2, 0) is 13.8 Å². The van der Waals surface area contributed by atoms with Crippen LogP contribution >= 0.6 is 7.82 Å². The van der Waals surface area contributed by atoms with Crippen molar-refractivity contribution in [3.8, 4) is 0 Å². The van der Waals surface area contributed by atoms with E-state index in [0.29, 0.717) is 0 Å². The number of nitrogens with one attached hydrogen (secondary N) is 1. The number of ether oxygens (including phenoxy) is 1. The Kier molecular flexibility index (Phi) is 8.46. The smallest absolute Gasteiger partial charge is 0.387 e. The fraction of sp³-hybridized carbons (Fsp3) is 0.500. The molecule has 0 amide bonds. The van der Waals surface area contributed by atoms with E-state index in [9.17, 15) is 19.6 Å². The van der Waals surface area contributed by atoms with E-state index in [0.717, 1.165) is 0 Å². The van der Waals surface area contributed by atoms with Crippen LogP contribution in [0.2, 0.25) is 0 Å². The molecule has 1 saturated heterocycles. The van der Waals surface area contributed by atoms with E-state index in [1.165, 1.54) is 10.9 Å². The second-order valence-corrected chi connectivity index (χ2v) is 6.35. The van der Waals surface area contributed by atoms with Gasteiger partial charge in [0.2, 0.25) is 5.95 Å². The van der Waals surface area contributed by atoms with E-state index in [2.05, 4.69) is 19.5 Å². The van der Waals surface area contributed by atoms with Gasteiger partial charge in [0.15, 0.2) is 17.4 Å². The second-order valence-electron chi connectivity index (χ2n) is 5.11. The average molecular weight is 409 g/mol. The first kappa shape index (κ1) is 24.2. The van der Waals surface area contributed by atoms with Crippen LogP contribution in [0.4, 0.5) is 5.95 Å². The number of anilines is 1. The fourth-order valence-electron chi connectivity index (χ4n) is 2.40. The van der Waals surface area contributed by atoms with Crippen LogP contribution in [0.25, 0.3) is 11.2 Å². The van der Waals surface area contributed by atoms with Gasteiger partial charge in [-0.3, -0.25) is 18.9 Å². The zero-order chi connectivity index (χ0) is 17.6. The first-order valence-corrected chi connectivity index (χ1v) is 8.14. The normalized spacial score (nSPS) is 25.7. The topological polar surface area (TPSA) is 206 Å². The van der Waals surface area contributed by atoms with Gasteiger partial charge in [-0.2, -0.15) is 4.98 Å². The Morgan fingerprint density at radius 3 is 2.62 bits per heavy atom. The number of hydrogen-bond donors (Lipinski definition) is 6. The Labute approximate surface area is 189 Å². The third-order valence-electron chi connectivity index (χ3n) is 3.47. The van der Waals surface area contributed by atoms with Crippen molar-refractivity contribution in [1.82, 2.24) is 19.5 Å². The summed E-state index contributed by atoms with van der Waals surface area (Å²) in [7, 11) is -4.76. The molecule has 0 bridgehead atoms. The van der Waals surface area contributed by atoms with Gasteiger partial charge in [-0.05, 0) is 0 Å². The van der Waals surface area contributed by atoms with Gasteiger partial charge in [0.1, 0.15) is 18.3 Å². The molecule has 4 atom stereocenters. The van der Waals surface area contributed by atoms with E-state index in [1.54, 1.807) is 0 Å². The van der Waals surface area contributed by atoms with Gasteiger partial charge in [-0.15, -0.1) is 0 Å². The predicted octanol–water partition coefficient (Wildman–Crippen LogP) is -8.56. The van der Waals surface area contributed by atoms with Gasteiger partial charge in [-0.1, -0.05) is 0 Å². The monoisotopic (exact) mass is 409 g/mol. The van der Waals surface area contributed by atoms with Gasteiger partial charge >= 0.3 is 66.9 Å². The molecule has 2 aromatic rings. The molecule has 1 fully saturated rings. The van der Waals surface area contributed by atoms with Crippen LogP contribution in [0, 0.1) is 0 Å². The van der Waals surface area contributed by atoms with Crippen LogP contribution in [-0.4, -0.2) is 64.4 Å². The number of phosphoric ester groups is 1. The average Bonchev–Trinajstić information content (AvgIpc) is 3.00. The predicted molar refractivity (Wildman–Crippen MR) is 76.5 cm³/mol. The number of aromatic amines is 1. The maximum absolute atomic E-state index is 11.7. The number of imidazole rings is 1. The van der Waals surface area contributed by atoms with Gasteiger partial charge in [-0.25, -0.2) is 9.55 Å². The first-order valence-electron chi connectivity index (χ1n) is 6.61. The van der Waals surface area contributed by atoms with Gasteiger partial charge in [0.05, 0.1) is 12.9 Å². The van der Waals surface area contributed by atoms with E-state index >= 15 is 0 Å². The number of aliphatic hydroxyl groups is 2. The molecule has 4 unspecified atom stereocenters. The van der Waals surface area contributed by atoms with Crippen molar-refractivity contribution >= 4 is 24.9 Å². The summed E-state index contributed by atoms with van der Waals surface area (Å²) in [4.78, 5) is 39.1. The van der Waals surface area contributed by atoms with Crippen molar-refractivity contribution < 1.29 is 92.9 Å². The summed E-state index contributed by atoms with van der Waals surface area (Å²) in [6.07, 6.45) is -4.22. The van der Waals surface area contributed by atoms with Crippen LogP contribution < -0.4 is 70.4 Å². The molecule has 0 aliphatic carbocycles. The zero-order valence-corrected chi connectivity index (χ0v) is 18.8. The van der Waals surface area contributed by atoms with E-state index in [1.807, 2.05) is 0 Å². The molecule has 13 nitrogen and oxygen atoms in total. The van der Waals surface area contributed by atoms with Crippen molar-refractivity contribution in [2.24, 2.45) is 0 Å². The molecule has 3 rings (SSSR count). The Hall–Kier alpha value is 0.140. The molecule has 2 aromatic heterocycles. The molecule has 0 aromatic carbocycles. The number of nitrogen functional groups attached to an aromatic ring is 1. The minimum atomic E-state index is -4.76. The van der Waals surface area contributed by atoms with Crippen molar-refractivity contribution in [2.75, 3.05) is 12.3 Å². The number of nitrogens with two attached hydrogens (primary N) is 1. The quantitative estimate of drug-likeness (QED) is 0.206. The summed E-state index contributed by atoms with van der Waals surface area (Å²) >= 11 is 0. The molecular formula is C10H14N5Na2O8P+2. The number of fused-ring (bicyclic) bond motifs is 1. The van der Waals surface area contributed by atoms with E-state index < -0.39 is 44.5 Å². The van der Waals surface area contributed by atoms with Crippen molar-refractivity contribution in [3.63, 3.8) is 0 Å². The molecule has 0 saturated carbocycles. The number of aliphatic hydroxyl groups excluding tert-OH is 2. The maximum atomic E-state index is 11.7. The van der Waals surface area contributed by atoms with Crippen molar-refractivity contribution in [2.45, 2.75) is 24.5 Å². The molecule has 7 N–H and O–H groups in total. The zero-order valence-electron chi connectivity index (χ0n) is 13.9. The van der Waals surface area contributed by atoms with Crippen LogP contribution in [0.15, 0.2) is 11.1 Å². The SMILES string of the molecule is Nc1nc2c(ncn2C2OC(COP(=O)(O)O)C(O)C2O)c(=O)[nH]1.[Na+].[Na+]. The molecule has 132 valence electrons. The molecule has 26 heavy (non-hydrogen) atoms. The Morgan fingerprint density at radius 2 is 2.00 bits per heavy atom. The summed E-state index contributed by atoms with van der Waals surface area (Å²) < 4.78 is 21.6. The van der Waals surface area contributed by atoms with E-state index in [-0.39, 0.29) is 76.2 Å². The Bertz CT molecular complexity index is 871. The standard InChI is InChI=1S/C10H14N5O8P.2Na/c11-10-13-7-4(8(18)14-10)12-2-15(7)9-6(17)5(16)3(23-9)1-22-24(19,20)21;;/h2-3,5-6,9,16-17H,1H2,(H2,19,20,21)(H3,11,13,14,18);;/q;2*+1. The third kappa shape index (κ3) is 4.94. The maximum Gasteiger partial charge on any atom is 1.00 e. The number of nitrogens with zero attached hydrogens (tertiary/aromatic N) is 3. The number of hydrogen-bond acceptors (Lipinski definition) is 9. The molecule has 16 heteroatoms. The van der Waals surface area contributed by atoms with Crippen molar-refractivity contribution in [1.29, 1.82) is 0 Å². The summed E-state index contributed by atoms with van der Waals surface area (Å²) in [6.45, 7) is -0.651. The molecular weight excluding hydrogens is 395 g/mol. The Morgan fingerprint density at radius 1 is 1.35 bits per heavy atom.